The molecule has 1 atom stereocenters. The number of amides is 1. The van der Waals surface area contributed by atoms with E-state index in [1.54, 1.807) is 13.2 Å². The van der Waals surface area contributed by atoms with Gasteiger partial charge in [0.2, 0.25) is 0 Å². The van der Waals surface area contributed by atoms with Crippen molar-refractivity contribution >= 4 is 17.7 Å². The van der Waals surface area contributed by atoms with Gasteiger partial charge in [-0.25, -0.2) is 0 Å². The fourth-order valence-corrected chi connectivity index (χ4v) is 3.86. The van der Waals surface area contributed by atoms with Gasteiger partial charge >= 0.3 is 0 Å². The molecule has 0 radical (unpaired) electrons. The van der Waals surface area contributed by atoms with Gasteiger partial charge in [-0.2, -0.15) is 16.9 Å². The fourth-order valence-electron chi connectivity index (χ4n) is 2.77. The highest BCUT2D eigenvalue weighted by molar-refractivity contribution is 7.99. The Morgan fingerprint density at radius 1 is 1.48 bits per heavy atom. The molecule has 0 aliphatic carbocycles. The average molecular weight is 331 g/mol. The van der Waals surface area contributed by atoms with Crippen LogP contribution in [0, 0.1) is 0 Å². The Morgan fingerprint density at radius 3 is 3.09 bits per heavy atom. The lowest BCUT2D eigenvalue weighted by molar-refractivity contribution is 0.0701. The van der Waals surface area contributed by atoms with E-state index in [1.165, 1.54) is 0 Å². The Kier molecular flexibility index (Phi) is 4.91. The van der Waals surface area contributed by atoms with Gasteiger partial charge in [0.1, 0.15) is 5.75 Å². The van der Waals surface area contributed by atoms with Crippen LogP contribution in [0.25, 0.3) is 0 Å². The number of carbonyl (C=O) groups is 1. The molecule has 1 unspecified atom stereocenters. The number of hydrogen-bond donors (Lipinski definition) is 0. The molecule has 1 fully saturated rings. The Labute approximate surface area is 140 Å². The number of methoxy groups -OCH3 is 1. The third-order valence-electron chi connectivity index (χ3n) is 4.07. The summed E-state index contributed by atoms with van der Waals surface area (Å²) in [6.45, 7) is 3.65. The molecular formula is C17H21N3O2S. The number of aromatic nitrogens is 2. The maximum Gasteiger partial charge on any atom is 0.254 e. The molecule has 23 heavy (non-hydrogen) atoms. The molecule has 1 saturated heterocycles. The Hall–Kier alpha value is -1.95. The van der Waals surface area contributed by atoms with Crippen molar-refractivity contribution in [1.82, 2.24) is 14.7 Å². The molecule has 0 bridgehead atoms. The molecule has 122 valence electrons. The minimum atomic E-state index is 0.0541. The molecule has 0 spiro atoms. The number of ether oxygens (including phenoxy) is 1. The zero-order valence-electron chi connectivity index (χ0n) is 13.4. The average Bonchev–Trinajstić information content (AvgIpc) is 3.10. The van der Waals surface area contributed by atoms with Crippen LogP contribution in [0.1, 0.15) is 28.9 Å². The number of nitrogens with zero attached hydrogens (tertiary/aromatic N) is 3. The molecule has 1 aromatic heterocycles. The first-order valence-corrected chi connectivity index (χ1v) is 8.93. The number of carbonyl (C=O) groups excluding carboxylic acids is 1. The predicted molar refractivity (Wildman–Crippen MR) is 92.0 cm³/mol. The van der Waals surface area contributed by atoms with E-state index in [9.17, 15) is 4.79 Å². The van der Waals surface area contributed by atoms with Gasteiger partial charge in [-0.15, -0.1) is 0 Å². The smallest absolute Gasteiger partial charge is 0.254 e. The van der Waals surface area contributed by atoms with Crippen molar-refractivity contribution in [2.45, 2.75) is 19.5 Å². The first-order chi connectivity index (χ1) is 11.2. The summed E-state index contributed by atoms with van der Waals surface area (Å²) >= 11 is 1.88. The molecule has 0 saturated carbocycles. The maximum atomic E-state index is 13.0. The molecular weight excluding hydrogens is 310 g/mol. The topological polar surface area (TPSA) is 47.4 Å². The second kappa shape index (κ2) is 7.08. The molecule has 2 aromatic rings. The summed E-state index contributed by atoms with van der Waals surface area (Å²) in [6, 6.07) is 7.43. The van der Waals surface area contributed by atoms with Crippen LogP contribution in [-0.4, -0.2) is 45.7 Å². The van der Waals surface area contributed by atoms with E-state index in [-0.39, 0.29) is 11.9 Å². The number of benzene rings is 1. The number of aryl methyl sites for hydroxylation is 1. The number of hydrogen-bond acceptors (Lipinski definition) is 4. The van der Waals surface area contributed by atoms with Crippen molar-refractivity contribution in [3.8, 4) is 5.75 Å². The number of thioether (sulfide) groups is 1. The van der Waals surface area contributed by atoms with Gasteiger partial charge in [0, 0.05) is 41.9 Å². The Morgan fingerprint density at radius 2 is 2.35 bits per heavy atom. The standard InChI is InChI=1S/C17H21N3O2S/c1-3-19-11-14(10-18-19)16-12-23-8-7-20(16)17(21)13-5-4-6-15(9-13)22-2/h4-6,9-11,16H,3,7-8,12H2,1-2H3. The van der Waals surface area contributed by atoms with Gasteiger partial charge < -0.3 is 9.64 Å². The molecule has 3 rings (SSSR count). The third kappa shape index (κ3) is 3.37. The summed E-state index contributed by atoms with van der Waals surface area (Å²) in [7, 11) is 1.61. The minimum absolute atomic E-state index is 0.0541. The Bertz CT molecular complexity index is 686. The minimum Gasteiger partial charge on any atom is -0.497 e. The lowest BCUT2D eigenvalue weighted by atomic mass is 10.1. The molecule has 0 N–H and O–H groups in total. The van der Waals surface area contributed by atoms with Crippen molar-refractivity contribution < 1.29 is 9.53 Å². The van der Waals surface area contributed by atoms with Gasteiger partial charge in [-0.3, -0.25) is 9.48 Å². The van der Waals surface area contributed by atoms with Gasteiger partial charge in [0.05, 0.1) is 19.3 Å². The second-order valence-corrected chi connectivity index (χ2v) is 6.60. The van der Waals surface area contributed by atoms with Crippen molar-refractivity contribution in [3.63, 3.8) is 0 Å². The largest absolute Gasteiger partial charge is 0.497 e. The third-order valence-corrected chi connectivity index (χ3v) is 5.09. The lowest BCUT2D eigenvalue weighted by Crippen LogP contribution is -2.40. The predicted octanol–water partition coefficient (Wildman–Crippen LogP) is 2.84. The summed E-state index contributed by atoms with van der Waals surface area (Å²) in [5.74, 6) is 2.63. The van der Waals surface area contributed by atoms with Crippen molar-refractivity contribution in [2.24, 2.45) is 0 Å². The lowest BCUT2D eigenvalue weighted by Gasteiger charge is -2.35. The summed E-state index contributed by atoms with van der Waals surface area (Å²) in [5, 5.41) is 4.35. The van der Waals surface area contributed by atoms with Gasteiger partial charge in [0.25, 0.3) is 5.91 Å². The van der Waals surface area contributed by atoms with Gasteiger partial charge in [-0.1, -0.05) is 6.07 Å². The molecule has 1 aliphatic heterocycles. The zero-order chi connectivity index (χ0) is 16.2. The SMILES string of the molecule is CCn1cc(C2CSCCN2C(=O)c2cccc(OC)c2)cn1. The second-order valence-electron chi connectivity index (χ2n) is 5.45. The van der Waals surface area contributed by atoms with E-state index in [2.05, 4.69) is 12.0 Å². The van der Waals surface area contributed by atoms with E-state index in [0.29, 0.717) is 11.3 Å². The first-order valence-electron chi connectivity index (χ1n) is 7.78. The van der Waals surface area contributed by atoms with Gasteiger partial charge in [-0.05, 0) is 25.1 Å². The molecule has 1 aliphatic rings. The normalized spacial score (nSPS) is 18.0. The van der Waals surface area contributed by atoms with Crippen LogP contribution in [0.5, 0.6) is 5.75 Å². The fraction of sp³-hybridized carbons (Fsp3) is 0.412. The molecule has 6 heteroatoms. The van der Waals surface area contributed by atoms with E-state index in [4.69, 9.17) is 4.74 Å². The first kappa shape index (κ1) is 15.9. The van der Waals surface area contributed by atoms with Crippen molar-refractivity contribution in [1.29, 1.82) is 0 Å². The highest BCUT2D eigenvalue weighted by atomic mass is 32.2. The molecule has 1 aromatic carbocycles. The van der Waals surface area contributed by atoms with Crippen LogP contribution in [0.3, 0.4) is 0 Å². The summed E-state index contributed by atoms with van der Waals surface area (Å²) in [4.78, 5) is 14.9. The van der Waals surface area contributed by atoms with E-state index >= 15 is 0 Å². The van der Waals surface area contributed by atoms with Crippen LogP contribution in [0.2, 0.25) is 0 Å². The van der Waals surface area contributed by atoms with Crippen molar-refractivity contribution in [2.75, 3.05) is 25.2 Å². The summed E-state index contributed by atoms with van der Waals surface area (Å²) in [5.41, 5.74) is 1.78. The van der Waals surface area contributed by atoms with Crippen LogP contribution >= 0.6 is 11.8 Å². The number of rotatable bonds is 4. The summed E-state index contributed by atoms with van der Waals surface area (Å²) < 4.78 is 7.14. The van der Waals surface area contributed by atoms with Crippen LogP contribution in [0.15, 0.2) is 36.7 Å². The molecule has 1 amide bonds. The van der Waals surface area contributed by atoms with Crippen LogP contribution in [-0.2, 0) is 6.54 Å². The maximum absolute atomic E-state index is 13.0. The zero-order valence-corrected chi connectivity index (χ0v) is 14.3. The van der Waals surface area contributed by atoms with E-state index < -0.39 is 0 Å². The van der Waals surface area contributed by atoms with Gasteiger partial charge in [0.15, 0.2) is 0 Å². The highest BCUT2D eigenvalue weighted by Gasteiger charge is 2.30. The summed E-state index contributed by atoms with van der Waals surface area (Å²) in [6.07, 6.45) is 3.92. The quantitative estimate of drug-likeness (QED) is 0.864. The highest BCUT2D eigenvalue weighted by Crippen LogP contribution is 2.31. The van der Waals surface area contributed by atoms with Crippen LogP contribution < -0.4 is 4.74 Å². The van der Waals surface area contributed by atoms with Crippen molar-refractivity contribution in [3.05, 3.63) is 47.8 Å². The Balaban J connectivity index is 1.86. The van der Waals surface area contributed by atoms with Crippen LogP contribution in [0.4, 0.5) is 0 Å². The molecule has 2 heterocycles. The monoisotopic (exact) mass is 331 g/mol. The van der Waals surface area contributed by atoms with E-state index in [0.717, 1.165) is 30.2 Å². The molecule has 5 nitrogen and oxygen atoms in total. The van der Waals surface area contributed by atoms with E-state index in [1.807, 2.05) is 51.9 Å².